The van der Waals surface area contributed by atoms with Crippen LogP contribution in [-0.2, 0) is 12.8 Å². The molecule has 0 fully saturated rings. The van der Waals surface area contributed by atoms with Gasteiger partial charge in [-0.3, -0.25) is 0 Å². The summed E-state index contributed by atoms with van der Waals surface area (Å²) in [5, 5.41) is 11.4. The molecular weight excluding hydrogens is 309 g/mol. The summed E-state index contributed by atoms with van der Waals surface area (Å²) < 4.78 is 14.1. The zero-order valence-electron chi connectivity index (χ0n) is 11.1. The Hall–Kier alpha value is -1.49. The van der Waals surface area contributed by atoms with Gasteiger partial charge in [-0.15, -0.1) is 11.3 Å². The van der Waals surface area contributed by atoms with Gasteiger partial charge in [0.15, 0.2) is 0 Å². The van der Waals surface area contributed by atoms with Gasteiger partial charge in [0, 0.05) is 17.9 Å². The Morgan fingerprint density at radius 2 is 2.00 bits per heavy atom. The number of fused-ring (bicyclic) bond motifs is 1. The van der Waals surface area contributed by atoms with E-state index in [1.807, 2.05) is 24.3 Å². The lowest BCUT2D eigenvalue weighted by molar-refractivity contribution is 0.175. The van der Waals surface area contributed by atoms with Crippen molar-refractivity contribution >= 4 is 33.2 Å². The van der Waals surface area contributed by atoms with Crippen molar-refractivity contribution in [2.75, 3.05) is 0 Å². The highest BCUT2D eigenvalue weighted by atomic mass is 35.5. The standard InChI is InChI=1S/C16H13ClFNOS/c17-13-8-11(18)6-5-10(13)7-12(20)9-16-19-14-3-1-2-4-15(14)21-16/h1-6,8,12,20H,7,9H2. The minimum atomic E-state index is -0.589. The van der Waals surface area contributed by atoms with Crippen LogP contribution >= 0.6 is 22.9 Å². The van der Waals surface area contributed by atoms with E-state index in [4.69, 9.17) is 11.6 Å². The molecule has 3 rings (SSSR count). The molecule has 0 spiro atoms. The Labute approximate surface area is 130 Å². The van der Waals surface area contributed by atoms with Crippen molar-refractivity contribution in [1.29, 1.82) is 0 Å². The molecule has 1 atom stereocenters. The Kier molecular flexibility index (Phi) is 4.19. The van der Waals surface area contributed by atoms with E-state index in [0.717, 1.165) is 20.8 Å². The fourth-order valence-corrected chi connectivity index (χ4v) is 3.50. The first-order chi connectivity index (χ1) is 10.1. The van der Waals surface area contributed by atoms with E-state index < -0.39 is 6.10 Å². The maximum Gasteiger partial charge on any atom is 0.124 e. The Morgan fingerprint density at radius 3 is 2.76 bits per heavy atom. The average molecular weight is 322 g/mol. The molecule has 2 nitrogen and oxygen atoms in total. The molecule has 21 heavy (non-hydrogen) atoms. The van der Waals surface area contributed by atoms with Gasteiger partial charge in [0.1, 0.15) is 5.82 Å². The summed E-state index contributed by atoms with van der Waals surface area (Å²) in [5.74, 6) is -0.371. The minimum absolute atomic E-state index is 0.346. The Bertz CT molecular complexity index is 741. The van der Waals surface area contributed by atoms with Gasteiger partial charge < -0.3 is 5.11 Å². The van der Waals surface area contributed by atoms with Crippen LogP contribution in [0.25, 0.3) is 10.2 Å². The second-order valence-electron chi connectivity index (χ2n) is 4.87. The molecule has 3 aromatic rings. The molecule has 0 aliphatic heterocycles. The smallest absolute Gasteiger partial charge is 0.124 e. The second-order valence-corrected chi connectivity index (χ2v) is 6.40. The number of rotatable bonds is 4. The first-order valence-corrected chi connectivity index (χ1v) is 7.78. The number of para-hydroxylation sites is 1. The maximum atomic E-state index is 13.0. The highest BCUT2D eigenvalue weighted by Gasteiger charge is 2.13. The van der Waals surface area contributed by atoms with Gasteiger partial charge in [-0.05, 0) is 29.8 Å². The zero-order chi connectivity index (χ0) is 14.8. The van der Waals surface area contributed by atoms with Crippen LogP contribution in [0.2, 0.25) is 5.02 Å². The Morgan fingerprint density at radius 1 is 1.19 bits per heavy atom. The van der Waals surface area contributed by atoms with Crippen LogP contribution in [0.4, 0.5) is 4.39 Å². The number of aliphatic hydroxyl groups is 1. The van der Waals surface area contributed by atoms with Crippen molar-refractivity contribution in [3.8, 4) is 0 Å². The van der Waals surface area contributed by atoms with Crippen molar-refractivity contribution in [2.45, 2.75) is 18.9 Å². The molecule has 0 bridgehead atoms. The molecule has 2 aromatic carbocycles. The third-order valence-corrected chi connectivity index (χ3v) is 4.63. The van der Waals surface area contributed by atoms with Gasteiger partial charge in [0.2, 0.25) is 0 Å². The van der Waals surface area contributed by atoms with E-state index >= 15 is 0 Å². The van der Waals surface area contributed by atoms with E-state index in [1.165, 1.54) is 12.1 Å². The second kappa shape index (κ2) is 6.10. The molecule has 1 aromatic heterocycles. The summed E-state index contributed by atoms with van der Waals surface area (Å²) in [5.41, 5.74) is 1.69. The normalized spacial score (nSPS) is 12.7. The number of aliphatic hydroxyl groups excluding tert-OH is 1. The summed E-state index contributed by atoms with van der Waals surface area (Å²) in [6.07, 6.45) is 0.260. The monoisotopic (exact) mass is 321 g/mol. The van der Waals surface area contributed by atoms with Crippen molar-refractivity contribution in [3.05, 3.63) is 63.9 Å². The predicted octanol–water partition coefficient (Wildman–Crippen LogP) is 4.23. The first-order valence-electron chi connectivity index (χ1n) is 6.58. The molecule has 1 N–H and O–H groups in total. The SMILES string of the molecule is OC(Cc1nc2ccccc2s1)Cc1ccc(F)cc1Cl. The molecular formula is C16H13ClFNOS. The summed E-state index contributed by atoms with van der Waals surface area (Å²) in [6, 6.07) is 12.1. The highest BCUT2D eigenvalue weighted by molar-refractivity contribution is 7.18. The summed E-state index contributed by atoms with van der Waals surface area (Å²) in [4.78, 5) is 4.50. The predicted molar refractivity (Wildman–Crippen MR) is 84.4 cm³/mol. The van der Waals surface area contributed by atoms with Crippen LogP contribution in [-0.4, -0.2) is 16.2 Å². The molecule has 1 unspecified atom stereocenters. The molecule has 0 aliphatic carbocycles. The van der Waals surface area contributed by atoms with Crippen LogP contribution in [0, 0.1) is 5.82 Å². The lowest BCUT2D eigenvalue weighted by atomic mass is 10.1. The zero-order valence-corrected chi connectivity index (χ0v) is 12.7. The summed E-state index contributed by atoms with van der Waals surface area (Å²) >= 11 is 7.56. The molecule has 0 aliphatic rings. The van der Waals surface area contributed by atoms with Crippen LogP contribution in [0.1, 0.15) is 10.6 Å². The molecule has 0 saturated carbocycles. The quantitative estimate of drug-likeness (QED) is 0.780. The van der Waals surface area contributed by atoms with E-state index in [2.05, 4.69) is 4.98 Å². The van der Waals surface area contributed by atoms with Gasteiger partial charge in [-0.2, -0.15) is 0 Å². The van der Waals surface area contributed by atoms with Crippen LogP contribution in [0.5, 0.6) is 0 Å². The van der Waals surface area contributed by atoms with Crippen molar-refractivity contribution in [1.82, 2.24) is 4.98 Å². The lowest BCUT2D eigenvalue weighted by Gasteiger charge is -2.10. The first kappa shape index (κ1) is 14.4. The van der Waals surface area contributed by atoms with Crippen molar-refractivity contribution < 1.29 is 9.50 Å². The molecule has 0 radical (unpaired) electrons. The van der Waals surface area contributed by atoms with Gasteiger partial charge in [-0.25, -0.2) is 9.37 Å². The van der Waals surface area contributed by atoms with E-state index in [9.17, 15) is 9.50 Å². The minimum Gasteiger partial charge on any atom is -0.392 e. The number of hydrogen-bond donors (Lipinski definition) is 1. The van der Waals surface area contributed by atoms with Crippen molar-refractivity contribution in [3.63, 3.8) is 0 Å². The molecule has 5 heteroatoms. The van der Waals surface area contributed by atoms with Crippen molar-refractivity contribution in [2.24, 2.45) is 0 Å². The highest BCUT2D eigenvalue weighted by Crippen LogP contribution is 2.24. The van der Waals surface area contributed by atoms with Crippen LogP contribution in [0.15, 0.2) is 42.5 Å². The summed E-state index contributed by atoms with van der Waals surface area (Å²) in [7, 11) is 0. The topological polar surface area (TPSA) is 33.1 Å². The van der Waals surface area contributed by atoms with Crippen LogP contribution < -0.4 is 0 Å². The number of nitrogens with zero attached hydrogens (tertiary/aromatic N) is 1. The van der Waals surface area contributed by atoms with E-state index in [0.29, 0.717) is 17.9 Å². The van der Waals surface area contributed by atoms with Gasteiger partial charge in [0.05, 0.1) is 21.3 Å². The molecule has 108 valence electrons. The largest absolute Gasteiger partial charge is 0.392 e. The molecule has 0 saturated heterocycles. The third-order valence-electron chi connectivity index (χ3n) is 3.22. The lowest BCUT2D eigenvalue weighted by Crippen LogP contribution is -2.14. The number of benzene rings is 2. The van der Waals surface area contributed by atoms with Gasteiger partial charge >= 0.3 is 0 Å². The van der Waals surface area contributed by atoms with Crippen LogP contribution in [0.3, 0.4) is 0 Å². The van der Waals surface area contributed by atoms with E-state index in [1.54, 1.807) is 17.4 Å². The van der Waals surface area contributed by atoms with E-state index in [-0.39, 0.29) is 5.82 Å². The fraction of sp³-hybridized carbons (Fsp3) is 0.188. The third kappa shape index (κ3) is 3.40. The maximum absolute atomic E-state index is 13.0. The average Bonchev–Trinajstić information content (AvgIpc) is 2.84. The van der Waals surface area contributed by atoms with Gasteiger partial charge in [-0.1, -0.05) is 29.8 Å². The molecule has 0 amide bonds. The fourth-order valence-electron chi connectivity index (χ4n) is 2.22. The number of halogens is 2. The number of thiazole rings is 1. The number of hydrogen-bond acceptors (Lipinski definition) is 3. The molecule has 1 heterocycles. The Balaban J connectivity index is 1.72. The summed E-state index contributed by atoms with van der Waals surface area (Å²) in [6.45, 7) is 0. The van der Waals surface area contributed by atoms with Gasteiger partial charge in [0.25, 0.3) is 0 Å². The number of aromatic nitrogens is 1.